The summed E-state index contributed by atoms with van der Waals surface area (Å²) in [4.78, 5) is 11.1. The molecule has 4 heteroatoms. The molecule has 0 saturated heterocycles. The van der Waals surface area contributed by atoms with Gasteiger partial charge in [-0.2, -0.15) is 0 Å². The van der Waals surface area contributed by atoms with Crippen LogP contribution in [0.1, 0.15) is 6.92 Å². The molecule has 0 aliphatic heterocycles. The van der Waals surface area contributed by atoms with Gasteiger partial charge >= 0.3 is 0 Å². The molecule has 4 nitrogen and oxygen atoms in total. The zero-order valence-electron chi connectivity index (χ0n) is 10.5. The van der Waals surface area contributed by atoms with Gasteiger partial charge in [0.25, 0.3) is 0 Å². The number of likely N-dealkylation sites (N-methyl/N-ethyl adjacent to an activating group) is 1. The summed E-state index contributed by atoms with van der Waals surface area (Å²) < 4.78 is 0. The van der Waals surface area contributed by atoms with Crippen molar-refractivity contribution in [3.05, 3.63) is 30.5 Å². The monoisotopic (exact) mass is 230 g/mol. The van der Waals surface area contributed by atoms with Gasteiger partial charge in [0.1, 0.15) is 5.82 Å². The third kappa shape index (κ3) is 3.14. The molecule has 1 aromatic heterocycles. The summed E-state index contributed by atoms with van der Waals surface area (Å²) in [5.74, 6) is 0.832. The van der Waals surface area contributed by atoms with Crippen LogP contribution < -0.4 is 5.32 Å². The molecule has 1 N–H and O–H groups in total. The number of benzene rings is 1. The van der Waals surface area contributed by atoms with Gasteiger partial charge in [0.15, 0.2) is 0 Å². The van der Waals surface area contributed by atoms with E-state index in [4.69, 9.17) is 0 Å². The number of anilines is 1. The molecule has 90 valence electrons. The number of nitrogens with one attached hydrogen (secondary N) is 1. The topological polar surface area (TPSA) is 41.0 Å². The molecule has 0 aliphatic carbocycles. The Morgan fingerprint density at radius 3 is 2.65 bits per heavy atom. The second kappa shape index (κ2) is 5.10. The molecule has 1 heterocycles. The molecule has 1 aromatic carbocycles. The van der Waals surface area contributed by atoms with Crippen LogP contribution in [0.15, 0.2) is 30.5 Å². The molecule has 2 rings (SSSR count). The van der Waals surface area contributed by atoms with Crippen molar-refractivity contribution in [3.63, 3.8) is 0 Å². The average Bonchev–Trinajstić information content (AvgIpc) is 2.27. The highest BCUT2D eigenvalue weighted by molar-refractivity contribution is 5.75. The van der Waals surface area contributed by atoms with Gasteiger partial charge in [0, 0.05) is 12.6 Å². The molecule has 0 radical (unpaired) electrons. The van der Waals surface area contributed by atoms with Crippen molar-refractivity contribution in [2.75, 3.05) is 26.0 Å². The van der Waals surface area contributed by atoms with E-state index in [9.17, 15) is 0 Å². The summed E-state index contributed by atoms with van der Waals surface area (Å²) in [5, 5.41) is 3.35. The van der Waals surface area contributed by atoms with Crippen molar-refractivity contribution in [1.82, 2.24) is 14.9 Å². The molecule has 17 heavy (non-hydrogen) atoms. The Morgan fingerprint density at radius 2 is 1.94 bits per heavy atom. The molecule has 1 unspecified atom stereocenters. The van der Waals surface area contributed by atoms with Crippen LogP contribution in [0.5, 0.6) is 0 Å². The second-order valence-electron chi connectivity index (χ2n) is 4.55. The van der Waals surface area contributed by atoms with Gasteiger partial charge in [-0.15, -0.1) is 0 Å². The van der Waals surface area contributed by atoms with E-state index < -0.39 is 0 Å². The maximum Gasteiger partial charge on any atom is 0.145 e. The Labute approximate surface area is 102 Å². The van der Waals surface area contributed by atoms with E-state index in [1.54, 1.807) is 6.20 Å². The quantitative estimate of drug-likeness (QED) is 0.872. The van der Waals surface area contributed by atoms with Gasteiger partial charge in [0.05, 0.1) is 17.2 Å². The largest absolute Gasteiger partial charge is 0.365 e. The minimum atomic E-state index is 0.348. The number of hydrogen-bond donors (Lipinski definition) is 1. The van der Waals surface area contributed by atoms with E-state index in [1.807, 2.05) is 24.3 Å². The zero-order chi connectivity index (χ0) is 12.3. The van der Waals surface area contributed by atoms with Crippen LogP contribution in [0.2, 0.25) is 0 Å². The SMILES string of the molecule is CC(CN(C)C)Nc1cnc2ccccc2n1. The first-order valence-electron chi connectivity index (χ1n) is 5.78. The summed E-state index contributed by atoms with van der Waals surface area (Å²) in [7, 11) is 4.12. The van der Waals surface area contributed by atoms with Crippen LogP contribution in [-0.2, 0) is 0 Å². The lowest BCUT2D eigenvalue weighted by atomic mass is 10.3. The van der Waals surface area contributed by atoms with Gasteiger partial charge in [0.2, 0.25) is 0 Å². The number of fused-ring (bicyclic) bond motifs is 1. The highest BCUT2D eigenvalue weighted by Gasteiger charge is 2.05. The molecule has 0 aliphatic rings. The molecular weight excluding hydrogens is 212 g/mol. The smallest absolute Gasteiger partial charge is 0.145 e. The maximum absolute atomic E-state index is 4.53. The first-order valence-corrected chi connectivity index (χ1v) is 5.78. The third-order valence-corrected chi connectivity index (χ3v) is 2.48. The summed E-state index contributed by atoms with van der Waals surface area (Å²) in [6.07, 6.45) is 1.79. The molecule has 0 fully saturated rings. The molecule has 2 aromatic rings. The number of nitrogens with zero attached hydrogens (tertiary/aromatic N) is 3. The Morgan fingerprint density at radius 1 is 1.24 bits per heavy atom. The lowest BCUT2D eigenvalue weighted by Crippen LogP contribution is -2.29. The fourth-order valence-corrected chi connectivity index (χ4v) is 1.87. The summed E-state index contributed by atoms with van der Waals surface area (Å²) in [6.45, 7) is 3.10. The van der Waals surface area contributed by atoms with Crippen LogP contribution in [0.3, 0.4) is 0 Å². The van der Waals surface area contributed by atoms with Crippen LogP contribution in [0.25, 0.3) is 11.0 Å². The molecule has 0 saturated carbocycles. The minimum absolute atomic E-state index is 0.348. The number of rotatable bonds is 4. The van der Waals surface area contributed by atoms with Crippen LogP contribution in [-0.4, -0.2) is 41.5 Å². The molecule has 0 spiro atoms. The number of para-hydroxylation sites is 2. The van der Waals surface area contributed by atoms with E-state index in [-0.39, 0.29) is 0 Å². The van der Waals surface area contributed by atoms with E-state index in [0.717, 1.165) is 23.4 Å². The lowest BCUT2D eigenvalue weighted by molar-refractivity contribution is 0.392. The van der Waals surface area contributed by atoms with Gasteiger partial charge in [-0.3, -0.25) is 4.98 Å². The zero-order valence-corrected chi connectivity index (χ0v) is 10.5. The third-order valence-electron chi connectivity index (χ3n) is 2.48. The number of hydrogen-bond acceptors (Lipinski definition) is 4. The minimum Gasteiger partial charge on any atom is -0.365 e. The molecule has 1 atom stereocenters. The summed E-state index contributed by atoms with van der Waals surface area (Å²) in [6, 6.07) is 8.24. The highest BCUT2D eigenvalue weighted by Crippen LogP contribution is 2.11. The molecule has 0 amide bonds. The Kier molecular flexibility index (Phi) is 3.54. The van der Waals surface area contributed by atoms with E-state index >= 15 is 0 Å². The maximum atomic E-state index is 4.53. The number of aromatic nitrogens is 2. The predicted molar refractivity (Wildman–Crippen MR) is 71.2 cm³/mol. The summed E-state index contributed by atoms with van der Waals surface area (Å²) in [5.41, 5.74) is 1.85. The Hall–Kier alpha value is -1.68. The summed E-state index contributed by atoms with van der Waals surface area (Å²) >= 11 is 0. The van der Waals surface area contributed by atoms with E-state index in [2.05, 4.69) is 41.2 Å². The molecule has 0 bridgehead atoms. The first-order chi connectivity index (χ1) is 8.15. The predicted octanol–water partition coefficient (Wildman–Crippen LogP) is 1.99. The van der Waals surface area contributed by atoms with Gasteiger partial charge in [-0.05, 0) is 33.2 Å². The van der Waals surface area contributed by atoms with Gasteiger partial charge in [-0.1, -0.05) is 12.1 Å². The Bertz CT molecular complexity index is 495. The van der Waals surface area contributed by atoms with Crippen molar-refractivity contribution in [2.24, 2.45) is 0 Å². The van der Waals surface area contributed by atoms with Crippen molar-refractivity contribution < 1.29 is 0 Å². The van der Waals surface area contributed by atoms with Gasteiger partial charge in [-0.25, -0.2) is 4.98 Å². The van der Waals surface area contributed by atoms with E-state index in [1.165, 1.54) is 0 Å². The second-order valence-corrected chi connectivity index (χ2v) is 4.55. The molecular formula is C13H18N4. The van der Waals surface area contributed by atoms with Crippen molar-refractivity contribution in [2.45, 2.75) is 13.0 Å². The van der Waals surface area contributed by atoms with Crippen LogP contribution in [0.4, 0.5) is 5.82 Å². The normalized spacial score (nSPS) is 12.9. The Balaban J connectivity index is 2.14. The van der Waals surface area contributed by atoms with Crippen molar-refractivity contribution in [3.8, 4) is 0 Å². The highest BCUT2D eigenvalue weighted by atomic mass is 15.1. The van der Waals surface area contributed by atoms with Crippen LogP contribution >= 0.6 is 0 Å². The fourth-order valence-electron chi connectivity index (χ4n) is 1.87. The fraction of sp³-hybridized carbons (Fsp3) is 0.385. The van der Waals surface area contributed by atoms with Crippen LogP contribution in [0, 0.1) is 0 Å². The first kappa shape index (κ1) is 11.8. The van der Waals surface area contributed by atoms with Crippen molar-refractivity contribution >= 4 is 16.9 Å². The lowest BCUT2D eigenvalue weighted by Gasteiger charge is -2.18. The van der Waals surface area contributed by atoms with Gasteiger partial charge < -0.3 is 10.2 Å². The average molecular weight is 230 g/mol. The standard InChI is InChI=1S/C13H18N4/c1-10(9-17(2)3)15-13-8-14-11-6-4-5-7-12(11)16-13/h4-8,10H,9H2,1-3H3,(H,15,16). The van der Waals surface area contributed by atoms with E-state index in [0.29, 0.717) is 6.04 Å². The van der Waals surface area contributed by atoms with Crippen molar-refractivity contribution in [1.29, 1.82) is 0 Å².